The fourth-order valence-electron chi connectivity index (χ4n) is 5.33. The van der Waals surface area contributed by atoms with E-state index in [-0.39, 0.29) is 26.4 Å². The van der Waals surface area contributed by atoms with E-state index in [1.165, 1.54) is 0 Å². The highest BCUT2D eigenvalue weighted by molar-refractivity contribution is 5.81. The lowest BCUT2D eigenvalue weighted by atomic mass is 9.79. The van der Waals surface area contributed by atoms with E-state index < -0.39 is 64.7 Å². The number of carbonyl (C=O) groups is 4. The average Bonchev–Trinajstić information content (AvgIpc) is 3.00. The summed E-state index contributed by atoms with van der Waals surface area (Å²) in [6, 6.07) is 0. The number of hydrogen-bond acceptors (Lipinski definition) is 8. The van der Waals surface area contributed by atoms with Crippen molar-refractivity contribution in [2.24, 2.45) is 34.5 Å². The number of rotatable bonds is 14. The molecule has 1 heterocycles. The minimum Gasteiger partial charge on any atom is -0.481 e. The van der Waals surface area contributed by atoms with Gasteiger partial charge < -0.3 is 29.2 Å². The molecule has 0 spiro atoms. The molecule has 0 bridgehead atoms. The van der Waals surface area contributed by atoms with E-state index in [1.807, 2.05) is 55.4 Å². The van der Waals surface area contributed by atoms with Crippen molar-refractivity contribution in [1.29, 1.82) is 0 Å². The highest BCUT2D eigenvalue weighted by Crippen LogP contribution is 2.37. The standard InChI is InChI=1S/C28H46O10.2C2H6/c1-6-11-20(18(7-2)22(29)30)24(33)36-15-28(8-3)16-37-26(38-17-28)27(4,5)14-35-25(34)21-13-10-9-12-19(21)23(31)32;2*1-2/h18-21,26H,6-17H2,1-5H3,(H,29,30)(H,31,32);2*1-2H3. The Bertz CT molecular complexity index is 816. The predicted octanol–water partition coefficient (Wildman–Crippen LogP) is 6.34. The van der Waals surface area contributed by atoms with E-state index in [0.717, 1.165) is 12.8 Å². The Morgan fingerprint density at radius 3 is 1.88 bits per heavy atom. The van der Waals surface area contributed by atoms with Crippen LogP contribution < -0.4 is 0 Å². The molecule has 2 rings (SSSR count). The van der Waals surface area contributed by atoms with Gasteiger partial charge in [-0.25, -0.2) is 0 Å². The van der Waals surface area contributed by atoms with E-state index in [4.69, 9.17) is 18.9 Å². The first-order chi connectivity index (χ1) is 19.9. The van der Waals surface area contributed by atoms with Gasteiger partial charge in [-0.3, -0.25) is 19.2 Å². The van der Waals surface area contributed by atoms with Gasteiger partial charge in [0.05, 0.1) is 42.3 Å². The number of hydrogen-bond donors (Lipinski definition) is 2. The number of esters is 2. The maximum Gasteiger partial charge on any atom is 0.309 e. The molecule has 2 aliphatic rings. The van der Waals surface area contributed by atoms with Crippen molar-refractivity contribution >= 4 is 23.9 Å². The SMILES string of the molecule is CC.CC.CCCC(C(=O)OCC1(CC)COC(C(C)(C)COC(=O)C2CCCCC2C(=O)O)OC1)C(CC)C(=O)O. The second-order valence-corrected chi connectivity index (χ2v) is 11.6. The van der Waals surface area contributed by atoms with Gasteiger partial charge in [0.2, 0.25) is 0 Å². The van der Waals surface area contributed by atoms with E-state index in [2.05, 4.69) is 0 Å². The Morgan fingerprint density at radius 2 is 1.43 bits per heavy atom. The van der Waals surface area contributed by atoms with Crippen molar-refractivity contribution in [3.63, 3.8) is 0 Å². The molecule has 1 saturated heterocycles. The highest BCUT2D eigenvalue weighted by Gasteiger charge is 2.44. The molecule has 1 aliphatic carbocycles. The van der Waals surface area contributed by atoms with Crippen molar-refractivity contribution in [1.82, 2.24) is 0 Å². The van der Waals surface area contributed by atoms with Crippen LogP contribution in [0.4, 0.5) is 0 Å². The Morgan fingerprint density at radius 1 is 0.881 bits per heavy atom. The van der Waals surface area contributed by atoms with Crippen molar-refractivity contribution < 1.29 is 48.3 Å². The van der Waals surface area contributed by atoms with Gasteiger partial charge in [0.15, 0.2) is 6.29 Å². The number of aliphatic carboxylic acids is 2. The molecule has 10 heteroatoms. The number of carboxylic acid groups (broad SMARTS) is 2. The summed E-state index contributed by atoms with van der Waals surface area (Å²) in [5.41, 5.74) is -1.26. The Kier molecular flexibility index (Phi) is 18.8. The summed E-state index contributed by atoms with van der Waals surface area (Å²) in [6.45, 7) is 17.9. The van der Waals surface area contributed by atoms with Crippen molar-refractivity contribution in [3.8, 4) is 0 Å². The minimum atomic E-state index is -0.995. The van der Waals surface area contributed by atoms with Crippen molar-refractivity contribution in [2.75, 3.05) is 26.4 Å². The third-order valence-electron chi connectivity index (χ3n) is 8.11. The van der Waals surface area contributed by atoms with Crippen LogP contribution in [0.5, 0.6) is 0 Å². The Hall–Kier alpha value is -2.20. The lowest BCUT2D eigenvalue weighted by molar-refractivity contribution is -0.281. The van der Waals surface area contributed by atoms with Crippen LogP contribution >= 0.6 is 0 Å². The van der Waals surface area contributed by atoms with Crippen LogP contribution in [-0.2, 0) is 38.1 Å². The molecule has 1 aliphatic heterocycles. The van der Waals surface area contributed by atoms with E-state index in [9.17, 15) is 29.4 Å². The third-order valence-corrected chi connectivity index (χ3v) is 8.11. The molecule has 1 saturated carbocycles. The van der Waals surface area contributed by atoms with Crippen LogP contribution in [0, 0.1) is 34.5 Å². The molecule has 2 fully saturated rings. The Labute approximate surface area is 253 Å². The summed E-state index contributed by atoms with van der Waals surface area (Å²) in [4.78, 5) is 48.7. The normalized spacial score (nSPS) is 25.3. The lowest BCUT2D eigenvalue weighted by Crippen LogP contribution is -2.51. The number of carbonyl (C=O) groups excluding carboxylic acids is 2. The first-order valence-corrected chi connectivity index (χ1v) is 15.9. The molecule has 4 atom stereocenters. The van der Waals surface area contributed by atoms with Gasteiger partial charge >= 0.3 is 23.9 Å². The minimum absolute atomic E-state index is 0.0136. The average molecular weight is 603 g/mol. The maximum absolute atomic E-state index is 12.9. The molecule has 0 aromatic rings. The van der Waals surface area contributed by atoms with Gasteiger partial charge in [-0.05, 0) is 32.1 Å². The van der Waals surface area contributed by atoms with Gasteiger partial charge in [0.1, 0.15) is 13.2 Å². The van der Waals surface area contributed by atoms with Gasteiger partial charge in [-0.1, -0.05) is 81.6 Å². The molecular weight excluding hydrogens is 544 g/mol. The van der Waals surface area contributed by atoms with Crippen LogP contribution in [0.25, 0.3) is 0 Å². The fourth-order valence-corrected chi connectivity index (χ4v) is 5.33. The summed E-state index contributed by atoms with van der Waals surface area (Å²) in [5.74, 6) is -5.80. The summed E-state index contributed by atoms with van der Waals surface area (Å²) >= 11 is 0. The second kappa shape index (κ2) is 19.9. The molecule has 4 unspecified atom stereocenters. The first-order valence-electron chi connectivity index (χ1n) is 15.9. The molecule has 10 nitrogen and oxygen atoms in total. The fraction of sp³-hybridized carbons (Fsp3) is 0.875. The van der Waals surface area contributed by atoms with E-state index in [0.29, 0.717) is 38.5 Å². The number of carboxylic acids is 2. The van der Waals surface area contributed by atoms with Crippen molar-refractivity contribution in [2.45, 2.75) is 120 Å². The molecule has 0 amide bonds. The largest absolute Gasteiger partial charge is 0.481 e. The highest BCUT2D eigenvalue weighted by atomic mass is 16.7. The van der Waals surface area contributed by atoms with Gasteiger partial charge in [-0.2, -0.15) is 0 Å². The van der Waals surface area contributed by atoms with Crippen LogP contribution in [0.15, 0.2) is 0 Å². The predicted molar refractivity (Wildman–Crippen MR) is 160 cm³/mol. The van der Waals surface area contributed by atoms with Gasteiger partial charge in [0, 0.05) is 5.41 Å². The topological polar surface area (TPSA) is 146 Å². The lowest BCUT2D eigenvalue weighted by Gasteiger charge is -2.44. The van der Waals surface area contributed by atoms with Crippen LogP contribution in [-0.4, -0.2) is 66.8 Å². The summed E-state index contributed by atoms with van der Waals surface area (Å²) in [5, 5.41) is 19.0. The molecule has 0 aromatic heterocycles. The zero-order valence-electron chi connectivity index (χ0n) is 27.5. The molecular formula is C32H58O10. The van der Waals surface area contributed by atoms with Crippen LogP contribution in [0.2, 0.25) is 0 Å². The zero-order valence-corrected chi connectivity index (χ0v) is 27.5. The number of ether oxygens (including phenoxy) is 4. The summed E-state index contributed by atoms with van der Waals surface area (Å²) in [7, 11) is 0. The molecule has 0 aromatic carbocycles. The maximum atomic E-state index is 12.9. The molecule has 0 radical (unpaired) electrons. The van der Waals surface area contributed by atoms with Crippen molar-refractivity contribution in [3.05, 3.63) is 0 Å². The second-order valence-electron chi connectivity index (χ2n) is 11.6. The van der Waals surface area contributed by atoms with E-state index in [1.54, 1.807) is 6.92 Å². The third kappa shape index (κ3) is 11.5. The molecule has 246 valence electrons. The smallest absolute Gasteiger partial charge is 0.309 e. The zero-order chi connectivity index (χ0) is 32.5. The molecule has 2 N–H and O–H groups in total. The quantitative estimate of drug-likeness (QED) is 0.216. The monoisotopic (exact) mass is 602 g/mol. The summed E-state index contributed by atoms with van der Waals surface area (Å²) in [6.07, 6.45) is 4.00. The van der Waals surface area contributed by atoms with Gasteiger partial charge in [0.25, 0.3) is 0 Å². The van der Waals surface area contributed by atoms with Gasteiger partial charge in [-0.15, -0.1) is 0 Å². The summed E-state index contributed by atoms with van der Waals surface area (Å²) < 4.78 is 23.3. The first kappa shape index (κ1) is 39.8. The Balaban J connectivity index is 0.00000402. The molecule has 42 heavy (non-hydrogen) atoms. The van der Waals surface area contributed by atoms with Crippen LogP contribution in [0.1, 0.15) is 114 Å². The van der Waals surface area contributed by atoms with E-state index >= 15 is 0 Å². The van der Waals surface area contributed by atoms with Crippen LogP contribution in [0.3, 0.4) is 0 Å².